The average molecular weight is 242 g/mol. The fourth-order valence-electron chi connectivity index (χ4n) is 1.18. The number of rotatable bonds is 9. The van der Waals surface area contributed by atoms with Gasteiger partial charge in [0.1, 0.15) is 5.78 Å². The van der Waals surface area contributed by atoms with Gasteiger partial charge in [-0.05, 0) is 6.92 Å². The summed E-state index contributed by atoms with van der Waals surface area (Å²) in [6, 6.07) is 0. The maximum atomic E-state index is 10.8. The maximum absolute atomic E-state index is 10.8. The molecule has 0 saturated carbocycles. The average Bonchev–Trinajstić information content (AvgIpc) is 2.74. The molecular weight excluding hydrogens is 224 g/mol. The summed E-state index contributed by atoms with van der Waals surface area (Å²) in [7, 11) is 1.63. The Morgan fingerprint density at radius 2 is 2.12 bits per heavy atom. The molecular formula is C11H18N2O4. The standard InChI is InChI=1S/C11H18N2O4/c1-9(14)3-4-11-12-10(13-17-11)5-6-16-8-7-15-2/h3-8H2,1-2H3. The van der Waals surface area contributed by atoms with Crippen molar-refractivity contribution >= 4 is 5.78 Å². The number of hydrogen-bond donors (Lipinski definition) is 0. The van der Waals surface area contributed by atoms with Gasteiger partial charge in [0, 0.05) is 26.4 Å². The molecule has 0 aromatic carbocycles. The van der Waals surface area contributed by atoms with E-state index in [0.29, 0.717) is 50.8 Å². The Morgan fingerprint density at radius 3 is 2.82 bits per heavy atom. The van der Waals surface area contributed by atoms with E-state index in [1.807, 2.05) is 0 Å². The zero-order valence-corrected chi connectivity index (χ0v) is 10.3. The lowest BCUT2D eigenvalue weighted by Gasteiger charge is -1.99. The topological polar surface area (TPSA) is 74.5 Å². The van der Waals surface area contributed by atoms with Crippen LogP contribution in [-0.4, -0.2) is 42.9 Å². The lowest BCUT2D eigenvalue weighted by Crippen LogP contribution is -2.05. The minimum Gasteiger partial charge on any atom is -0.382 e. The Hall–Kier alpha value is -1.27. The summed E-state index contributed by atoms with van der Waals surface area (Å²) in [6.07, 6.45) is 1.55. The molecule has 1 heterocycles. The van der Waals surface area contributed by atoms with Gasteiger partial charge in [-0.25, -0.2) is 0 Å². The first-order valence-corrected chi connectivity index (χ1v) is 5.60. The highest BCUT2D eigenvalue weighted by molar-refractivity contribution is 5.75. The first-order valence-electron chi connectivity index (χ1n) is 5.60. The van der Waals surface area contributed by atoms with Crippen molar-refractivity contribution < 1.29 is 18.8 Å². The molecule has 0 N–H and O–H groups in total. The Kier molecular flexibility index (Phi) is 6.42. The highest BCUT2D eigenvalue weighted by Crippen LogP contribution is 2.02. The van der Waals surface area contributed by atoms with Crippen LogP contribution in [0.25, 0.3) is 0 Å². The van der Waals surface area contributed by atoms with Crippen LogP contribution in [-0.2, 0) is 27.1 Å². The predicted octanol–water partition coefficient (Wildman–Crippen LogP) is 0.797. The first kappa shape index (κ1) is 13.8. The number of carbonyl (C=O) groups is 1. The third-order valence-electron chi connectivity index (χ3n) is 2.10. The summed E-state index contributed by atoms with van der Waals surface area (Å²) in [4.78, 5) is 14.9. The second-order valence-electron chi connectivity index (χ2n) is 3.66. The van der Waals surface area contributed by atoms with E-state index < -0.39 is 0 Å². The molecule has 17 heavy (non-hydrogen) atoms. The molecule has 1 rings (SSSR count). The van der Waals surface area contributed by atoms with Gasteiger partial charge in [0.05, 0.1) is 19.8 Å². The summed E-state index contributed by atoms with van der Waals surface area (Å²) in [6.45, 7) is 3.22. The minimum absolute atomic E-state index is 0.118. The first-order chi connectivity index (χ1) is 8.22. The van der Waals surface area contributed by atoms with Gasteiger partial charge in [-0.15, -0.1) is 0 Å². The molecule has 0 spiro atoms. The van der Waals surface area contributed by atoms with Crippen molar-refractivity contribution in [3.05, 3.63) is 11.7 Å². The molecule has 0 aliphatic heterocycles. The molecule has 0 amide bonds. The fraction of sp³-hybridized carbons (Fsp3) is 0.727. The largest absolute Gasteiger partial charge is 0.382 e. The number of nitrogens with zero attached hydrogens (tertiary/aromatic N) is 2. The molecule has 6 heteroatoms. The van der Waals surface area contributed by atoms with E-state index in [9.17, 15) is 4.79 Å². The molecule has 96 valence electrons. The van der Waals surface area contributed by atoms with Crippen molar-refractivity contribution in [2.45, 2.75) is 26.2 Å². The SMILES string of the molecule is COCCOCCc1noc(CCC(C)=O)n1. The van der Waals surface area contributed by atoms with Crippen LogP contribution in [0.5, 0.6) is 0 Å². The Bertz CT molecular complexity index is 338. The van der Waals surface area contributed by atoms with E-state index in [-0.39, 0.29) is 5.78 Å². The Morgan fingerprint density at radius 1 is 1.29 bits per heavy atom. The Labute approximate surface area is 100 Å². The highest BCUT2D eigenvalue weighted by Gasteiger charge is 2.07. The van der Waals surface area contributed by atoms with E-state index >= 15 is 0 Å². The van der Waals surface area contributed by atoms with Crippen molar-refractivity contribution in [3.63, 3.8) is 0 Å². The molecule has 0 radical (unpaired) electrons. The van der Waals surface area contributed by atoms with E-state index in [0.717, 1.165) is 0 Å². The van der Waals surface area contributed by atoms with Crippen LogP contribution in [0.2, 0.25) is 0 Å². The van der Waals surface area contributed by atoms with Gasteiger partial charge in [-0.2, -0.15) is 4.98 Å². The summed E-state index contributed by atoms with van der Waals surface area (Å²) >= 11 is 0. The minimum atomic E-state index is 0.118. The van der Waals surface area contributed by atoms with Gasteiger partial charge in [-0.3, -0.25) is 0 Å². The summed E-state index contributed by atoms with van der Waals surface area (Å²) < 4.78 is 15.1. The smallest absolute Gasteiger partial charge is 0.227 e. The second-order valence-corrected chi connectivity index (χ2v) is 3.66. The molecule has 0 saturated heterocycles. The van der Waals surface area contributed by atoms with Gasteiger partial charge in [0.2, 0.25) is 5.89 Å². The number of aromatic nitrogens is 2. The van der Waals surface area contributed by atoms with Crippen molar-refractivity contribution in [2.75, 3.05) is 26.9 Å². The molecule has 0 aliphatic carbocycles. The molecule has 1 aromatic heterocycles. The predicted molar refractivity (Wildman–Crippen MR) is 59.7 cm³/mol. The van der Waals surface area contributed by atoms with Gasteiger partial charge in [0.25, 0.3) is 0 Å². The molecule has 0 atom stereocenters. The van der Waals surface area contributed by atoms with Crippen LogP contribution in [0.15, 0.2) is 4.52 Å². The third kappa shape index (κ3) is 6.13. The zero-order chi connectivity index (χ0) is 12.5. The van der Waals surface area contributed by atoms with Gasteiger partial charge in [0.15, 0.2) is 5.82 Å². The monoisotopic (exact) mass is 242 g/mol. The van der Waals surface area contributed by atoms with Crippen LogP contribution in [0.4, 0.5) is 0 Å². The van der Waals surface area contributed by atoms with Crippen molar-refractivity contribution in [2.24, 2.45) is 0 Å². The number of ether oxygens (including phenoxy) is 2. The molecule has 6 nitrogen and oxygen atoms in total. The molecule has 0 bridgehead atoms. The normalized spacial score (nSPS) is 10.7. The second kappa shape index (κ2) is 7.92. The van der Waals surface area contributed by atoms with Gasteiger partial charge in [-0.1, -0.05) is 5.16 Å². The highest BCUT2D eigenvalue weighted by atomic mass is 16.5. The maximum Gasteiger partial charge on any atom is 0.227 e. The Balaban J connectivity index is 2.19. The van der Waals surface area contributed by atoms with E-state index in [4.69, 9.17) is 14.0 Å². The van der Waals surface area contributed by atoms with Crippen LogP contribution in [0.3, 0.4) is 0 Å². The van der Waals surface area contributed by atoms with Crippen LogP contribution in [0.1, 0.15) is 25.1 Å². The molecule has 1 aromatic rings. The van der Waals surface area contributed by atoms with E-state index in [2.05, 4.69) is 10.1 Å². The van der Waals surface area contributed by atoms with Crippen molar-refractivity contribution in [3.8, 4) is 0 Å². The fourth-order valence-corrected chi connectivity index (χ4v) is 1.18. The van der Waals surface area contributed by atoms with Crippen molar-refractivity contribution in [1.82, 2.24) is 10.1 Å². The number of carbonyl (C=O) groups excluding carboxylic acids is 1. The zero-order valence-electron chi connectivity index (χ0n) is 10.3. The molecule has 0 fully saturated rings. The van der Waals surface area contributed by atoms with Crippen molar-refractivity contribution in [1.29, 1.82) is 0 Å². The van der Waals surface area contributed by atoms with E-state index in [1.54, 1.807) is 14.0 Å². The summed E-state index contributed by atoms with van der Waals surface area (Å²) in [5.74, 6) is 1.24. The van der Waals surface area contributed by atoms with Crippen LogP contribution >= 0.6 is 0 Å². The lowest BCUT2D eigenvalue weighted by atomic mass is 10.2. The number of methoxy groups -OCH3 is 1. The van der Waals surface area contributed by atoms with Gasteiger partial charge < -0.3 is 18.8 Å². The number of ketones is 1. The van der Waals surface area contributed by atoms with Crippen LogP contribution in [0, 0.1) is 0 Å². The number of aryl methyl sites for hydroxylation is 1. The number of Topliss-reactive ketones (excluding diaryl/α,β-unsaturated/α-hetero) is 1. The molecule has 0 unspecified atom stereocenters. The lowest BCUT2D eigenvalue weighted by molar-refractivity contribution is -0.117. The quantitative estimate of drug-likeness (QED) is 0.596. The summed E-state index contributed by atoms with van der Waals surface area (Å²) in [5.41, 5.74) is 0. The van der Waals surface area contributed by atoms with Crippen LogP contribution < -0.4 is 0 Å². The number of hydrogen-bond acceptors (Lipinski definition) is 6. The molecule has 0 aliphatic rings. The summed E-state index contributed by atoms with van der Waals surface area (Å²) in [5, 5.41) is 3.80. The van der Waals surface area contributed by atoms with Gasteiger partial charge >= 0.3 is 0 Å². The van der Waals surface area contributed by atoms with E-state index in [1.165, 1.54) is 0 Å². The third-order valence-corrected chi connectivity index (χ3v) is 2.10.